The lowest BCUT2D eigenvalue weighted by atomic mass is 10.1. The molecular weight excluding hydrogens is 292 g/mol. The van der Waals surface area contributed by atoms with Crippen molar-refractivity contribution in [3.8, 4) is 0 Å². The molecule has 21 heavy (non-hydrogen) atoms. The number of amides is 1. The van der Waals surface area contributed by atoms with Crippen LogP contribution in [0, 0.1) is 19.8 Å². The number of hydrogen-bond acceptors (Lipinski definition) is 6. The van der Waals surface area contributed by atoms with Crippen molar-refractivity contribution in [3.63, 3.8) is 0 Å². The van der Waals surface area contributed by atoms with Crippen LogP contribution < -0.4 is 10.9 Å². The van der Waals surface area contributed by atoms with Crippen LogP contribution in [0.25, 0.3) is 0 Å². The third-order valence-corrected chi connectivity index (χ3v) is 4.40. The van der Waals surface area contributed by atoms with Crippen LogP contribution in [-0.4, -0.2) is 26.4 Å². The second kappa shape index (κ2) is 5.36. The predicted octanol–water partition coefficient (Wildman–Crippen LogP) is 1.21. The summed E-state index contributed by atoms with van der Waals surface area (Å²) in [6.45, 7) is 3.80. The summed E-state index contributed by atoms with van der Waals surface area (Å²) in [5, 5.41) is 7.10. The summed E-state index contributed by atoms with van der Waals surface area (Å²) in [7, 11) is 0. The normalized spacial score (nSPS) is 17.3. The summed E-state index contributed by atoms with van der Waals surface area (Å²) in [5.74, 6) is 1.13. The van der Waals surface area contributed by atoms with E-state index in [2.05, 4.69) is 15.5 Å². The highest BCUT2D eigenvalue weighted by molar-refractivity contribution is 7.99. The molecule has 0 saturated heterocycles. The van der Waals surface area contributed by atoms with Crippen molar-refractivity contribution >= 4 is 23.5 Å². The Hall–Kier alpha value is -2.09. The van der Waals surface area contributed by atoms with Gasteiger partial charge in [-0.25, -0.2) is 4.98 Å². The average molecular weight is 306 g/mol. The zero-order valence-electron chi connectivity index (χ0n) is 11.6. The fraction of sp³-hybridized carbons (Fsp3) is 0.385. The first kappa shape index (κ1) is 13.9. The van der Waals surface area contributed by atoms with Gasteiger partial charge in [0.25, 0.3) is 5.56 Å². The molecule has 110 valence electrons. The highest BCUT2D eigenvalue weighted by atomic mass is 32.2. The monoisotopic (exact) mass is 306 g/mol. The van der Waals surface area contributed by atoms with Gasteiger partial charge < -0.3 is 9.84 Å². The van der Waals surface area contributed by atoms with Gasteiger partial charge >= 0.3 is 0 Å². The number of aromatic nitrogens is 3. The Morgan fingerprint density at radius 3 is 3.05 bits per heavy atom. The summed E-state index contributed by atoms with van der Waals surface area (Å²) in [6, 6.07) is 1.65. The van der Waals surface area contributed by atoms with Crippen LogP contribution >= 0.6 is 11.8 Å². The van der Waals surface area contributed by atoms with E-state index in [4.69, 9.17) is 4.52 Å². The maximum absolute atomic E-state index is 12.2. The molecule has 2 aromatic rings. The molecular formula is C13H14N4O3S. The molecule has 0 bridgehead atoms. The molecule has 0 spiro atoms. The van der Waals surface area contributed by atoms with Gasteiger partial charge in [0.15, 0.2) is 11.0 Å². The quantitative estimate of drug-likeness (QED) is 0.839. The highest BCUT2D eigenvalue weighted by Crippen LogP contribution is 2.25. The van der Waals surface area contributed by atoms with Gasteiger partial charge in [-0.3, -0.25) is 14.2 Å². The lowest BCUT2D eigenvalue weighted by molar-refractivity contribution is -0.119. The summed E-state index contributed by atoms with van der Waals surface area (Å²) in [6.07, 6.45) is 1.57. The third-order valence-electron chi connectivity index (χ3n) is 3.25. The molecule has 0 aliphatic carbocycles. The molecule has 7 nitrogen and oxygen atoms in total. The van der Waals surface area contributed by atoms with Crippen molar-refractivity contribution in [2.75, 3.05) is 11.1 Å². The summed E-state index contributed by atoms with van der Waals surface area (Å²) in [5.41, 5.74) is 0.481. The number of thioether (sulfide) groups is 1. The minimum atomic E-state index is -0.305. The van der Waals surface area contributed by atoms with Crippen molar-refractivity contribution in [2.45, 2.75) is 25.5 Å². The van der Waals surface area contributed by atoms with Gasteiger partial charge in [-0.15, -0.1) is 0 Å². The van der Waals surface area contributed by atoms with E-state index in [9.17, 15) is 9.59 Å². The third kappa shape index (κ3) is 2.71. The van der Waals surface area contributed by atoms with Crippen molar-refractivity contribution in [1.29, 1.82) is 0 Å². The number of carbonyl (C=O) groups is 1. The molecule has 1 amide bonds. The van der Waals surface area contributed by atoms with Crippen LogP contribution in [0.2, 0.25) is 0 Å². The van der Waals surface area contributed by atoms with Crippen LogP contribution in [0.1, 0.15) is 11.3 Å². The first-order valence-electron chi connectivity index (χ1n) is 6.48. The standard InChI is InChI=1S/C13H14N4O3S/c1-7-4-14-13-17(12(7)19)5-9(6-21-13)11(18)15-10-3-8(2)20-16-10/h3-4,9H,5-6H2,1-2H3,(H,15,16,18). The summed E-state index contributed by atoms with van der Waals surface area (Å²) >= 11 is 1.41. The average Bonchev–Trinajstić information content (AvgIpc) is 2.88. The summed E-state index contributed by atoms with van der Waals surface area (Å²) < 4.78 is 6.47. The van der Waals surface area contributed by atoms with Gasteiger partial charge in [0, 0.05) is 30.1 Å². The van der Waals surface area contributed by atoms with Gasteiger partial charge in [0.05, 0.1) is 5.92 Å². The van der Waals surface area contributed by atoms with Crippen molar-refractivity contribution < 1.29 is 9.32 Å². The first-order chi connectivity index (χ1) is 10.0. The number of carbonyl (C=O) groups excluding carboxylic acids is 1. The minimum absolute atomic E-state index is 0.0951. The summed E-state index contributed by atoms with van der Waals surface area (Å²) in [4.78, 5) is 28.6. The Kier molecular flexibility index (Phi) is 3.54. The molecule has 0 radical (unpaired) electrons. The second-order valence-electron chi connectivity index (χ2n) is 4.96. The van der Waals surface area contributed by atoms with Crippen LogP contribution in [0.4, 0.5) is 5.82 Å². The Morgan fingerprint density at radius 2 is 2.33 bits per heavy atom. The SMILES string of the molecule is Cc1cc(NC(=O)C2CSc3ncc(C)c(=O)n3C2)no1. The number of rotatable bonds is 2. The number of anilines is 1. The molecule has 3 heterocycles. The maximum atomic E-state index is 12.2. The molecule has 3 rings (SSSR count). The van der Waals surface area contributed by atoms with Crippen LogP contribution in [0.5, 0.6) is 0 Å². The smallest absolute Gasteiger partial charge is 0.257 e. The molecule has 1 N–H and O–H groups in total. The number of hydrogen-bond donors (Lipinski definition) is 1. The first-order valence-corrected chi connectivity index (χ1v) is 7.46. The lowest BCUT2D eigenvalue weighted by Crippen LogP contribution is -2.37. The molecule has 1 aliphatic rings. The largest absolute Gasteiger partial charge is 0.360 e. The zero-order chi connectivity index (χ0) is 15.0. The van der Waals surface area contributed by atoms with E-state index in [0.717, 1.165) is 0 Å². The lowest BCUT2D eigenvalue weighted by Gasteiger charge is -2.23. The van der Waals surface area contributed by atoms with Crippen LogP contribution in [-0.2, 0) is 11.3 Å². The topological polar surface area (TPSA) is 90.0 Å². The van der Waals surface area contributed by atoms with Gasteiger partial charge in [-0.05, 0) is 13.8 Å². The predicted molar refractivity (Wildman–Crippen MR) is 77.3 cm³/mol. The number of aryl methyl sites for hydroxylation is 2. The molecule has 8 heteroatoms. The molecule has 1 aliphatic heterocycles. The van der Waals surface area contributed by atoms with Gasteiger partial charge in [-0.2, -0.15) is 0 Å². The Balaban J connectivity index is 1.78. The van der Waals surface area contributed by atoms with E-state index >= 15 is 0 Å². The van der Waals surface area contributed by atoms with Gasteiger partial charge in [0.2, 0.25) is 5.91 Å². The number of nitrogens with one attached hydrogen (secondary N) is 1. The van der Waals surface area contributed by atoms with Crippen LogP contribution in [0.15, 0.2) is 26.7 Å². The number of nitrogens with zero attached hydrogens (tertiary/aromatic N) is 3. The molecule has 2 aromatic heterocycles. The van der Waals surface area contributed by atoms with Gasteiger partial charge in [-0.1, -0.05) is 16.9 Å². The molecule has 0 fully saturated rings. The van der Waals surface area contributed by atoms with E-state index < -0.39 is 0 Å². The molecule has 0 aromatic carbocycles. The molecule has 1 atom stereocenters. The van der Waals surface area contributed by atoms with Crippen molar-refractivity contribution in [2.24, 2.45) is 5.92 Å². The van der Waals surface area contributed by atoms with E-state index in [1.165, 1.54) is 11.8 Å². The second-order valence-corrected chi connectivity index (χ2v) is 5.95. The van der Waals surface area contributed by atoms with E-state index in [0.29, 0.717) is 34.6 Å². The van der Waals surface area contributed by atoms with Crippen LogP contribution in [0.3, 0.4) is 0 Å². The van der Waals surface area contributed by atoms with Crippen molar-refractivity contribution in [3.05, 3.63) is 33.9 Å². The number of fused-ring (bicyclic) bond motifs is 1. The highest BCUT2D eigenvalue weighted by Gasteiger charge is 2.27. The van der Waals surface area contributed by atoms with Crippen molar-refractivity contribution in [1.82, 2.24) is 14.7 Å². The van der Waals surface area contributed by atoms with E-state index in [1.54, 1.807) is 30.7 Å². The Bertz CT molecular complexity index is 752. The maximum Gasteiger partial charge on any atom is 0.257 e. The van der Waals surface area contributed by atoms with Gasteiger partial charge in [0.1, 0.15) is 5.76 Å². The fourth-order valence-electron chi connectivity index (χ4n) is 2.11. The minimum Gasteiger partial charge on any atom is -0.360 e. The molecule has 0 saturated carbocycles. The zero-order valence-corrected chi connectivity index (χ0v) is 12.4. The fourth-order valence-corrected chi connectivity index (χ4v) is 3.16. The molecule has 1 unspecified atom stereocenters. The Morgan fingerprint density at radius 1 is 1.52 bits per heavy atom. The van der Waals surface area contributed by atoms with E-state index in [-0.39, 0.29) is 17.4 Å². The Labute approximate surface area is 124 Å². The van der Waals surface area contributed by atoms with E-state index in [1.807, 2.05) is 0 Å².